The molecular formula is C15H13N3O2S. The summed E-state index contributed by atoms with van der Waals surface area (Å²) in [6.45, 7) is 2.04. The van der Waals surface area contributed by atoms with Gasteiger partial charge in [0.1, 0.15) is 11.5 Å². The molecule has 1 aromatic heterocycles. The van der Waals surface area contributed by atoms with E-state index in [1.54, 1.807) is 6.07 Å². The molecule has 0 bridgehead atoms. The lowest BCUT2D eigenvalue weighted by atomic mass is 10.2. The van der Waals surface area contributed by atoms with Gasteiger partial charge in [-0.1, -0.05) is 23.5 Å². The lowest BCUT2D eigenvalue weighted by Crippen LogP contribution is -1.90. The summed E-state index contributed by atoms with van der Waals surface area (Å²) in [5, 5.41) is 23.6. The summed E-state index contributed by atoms with van der Waals surface area (Å²) in [4.78, 5) is 4.43. The van der Waals surface area contributed by atoms with Gasteiger partial charge in [-0.2, -0.15) is 5.10 Å². The highest BCUT2D eigenvalue weighted by atomic mass is 32.1. The van der Waals surface area contributed by atoms with Crippen molar-refractivity contribution in [3.63, 3.8) is 0 Å². The van der Waals surface area contributed by atoms with Gasteiger partial charge in [0, 0.05) is 11.6 Å². The number of rotatable bonds is 3. The van der Waals surface area contributed by atoms with Crippen molar-refractivity contribution in [3.8, 4) is 11.5 Å². The average molecular weight is 299 g/mol. The monoisotopic (exact) mass is 299 g/mol. The van der Waals surface area contributed by atoms with E-state index < -0.39 is 0 Å². The van der Waals surface area contributed by atoms with E-state index in [2.05, 4.69) is 15.5 Å². The van der Waals surface area contributed by atoms with Crippen LogP contribution in [0.3, 0.4) is 0 Å². The van der Waals surface area contributed by atoms with Gasteiger partial charge < -0.3 is 10.2 Å². The number of aryl methyl sites for hydroxylation is 1. The van der Waals surface area contributed by atoms with Gasteiger partial charge in [0.15, 0.2) is 0 Å². The van der Waals surface area contributed by atoms with Gasteiger partial charge in [-0.25, -0.2) is 4.98 Å². The van der Waals surface area contributed by atoms with Gasteiger partial charge in [-0.05, 0) is 30.7 Å². The highest BCUT2D eigenvalue weighted by Gasteiger charge is 2.04. The first kappa shape index (κ1) is 13.4. The van der Waals surface area contributed by atoms with Crippen molar-refractivity contribution in [1.82, 2.24) is 4.98 Å². The number of aromatic nitrogens is 1. The SMILES string of the molecule is Cc1cccc2nc(N/N=C/c3ccc(O)cc3O)sc12. The number of benzene rings is 2. The Kier molecular flexibility index (Phi) is 3.45. The van der Waals surface area contributed by atoms with Gasteiger partial charge in [0.25, 0.3) is 0 Å². The summed E-state index contributed by atoms with van der Waals surface area (Å²) in [7, 11) is 0. The number of nitrogens with zero attached hydrogens (tertiary/aromatic N) is 2. The normalized spacial score (nSPS) is 11.3. The number of anilines is 1. The summed E-state index contributed by atoms with van der Waals surface area (Å²) < 4.78 is 1.13. The maximum absolute atomic E-state index is 9.65. The van der Waals surface area contributed by atoms with Crippen molar-refractivity contribution < 1.29 is 10.2 Å². The molecule has 5 nitrogen and oxygen atoms in total. The molecule has 1 heterocycles. The molecule has 0 fully saturated rings. The maximum Gasteiger partial charge on any atom is 0.204 e. The van der Waals surface area contributed by atoms with Gasteiger partial charge >= 0.3 is 0 Å². The van der Waals surface area contributed by atoms with Crippen LogP contribution in [0.4, 0.5) is 5.13 Å². The molecule has 0 amide bonds. The number of fused-ring (bicyclic) bond motifs is 1. The van der Waals surface area contributed by atoms with Crippen molar-refractivity contribution in [3.05, 3.63) is 47.5 Å². The Morgan fingerprint density at radius 1 is 1.24 bits per heavy atom. The lowest BCUT2D eigenvalue weighted by Gasteiger charge is -1.99. The molecule has 0 aliphatic heterocycles. The van der Waals surface area contributed by atoms with Crippen molar-refractivity contribution >= 4 is 32.9 Å². The Morgan fingerprint density at radius 3 is 2.86 bits per heavy atom. The highest BCUT2D eigenvalue weighted by molar-refractivity contribution is 7.22. The Morgan fingerprint density at radius 2 is 2.10 bits per heavy atom. The van der Waals surface area contributed by atoms with Gasteiger partial charge in [-0.3, -0.25) is 5.43 Å². The largest absolute Gasteiger partial charge is 0.508 e. The third kappa shape index (κ3) is 2.80. The number of hydrogen-bond acceptors (Lipinski definition) is 6. The van der Waals surface area contributed by atoms with E-state index in [1.807, 2.05) is 25.1 Å². The third-order valence-corrected chi connectivity index (χ3v) is 4.10. The standard InChI is InChI=1S/C15H13N3O2S/c1-9-3-2-4-12-14(9)21-15(17-12)18-16-8-10-5-6-11(19)7-13(10)20/h2-8,19-20H,1H3,(H,17,18)/b16-8+. The second-order valence-electron chi connectivity index (χ2n) is 4.56. The van der Waals surface area contributed by atoms with Crippen LogP contribution in [0.1, 0.15) is 11.1 Å². The Labute approximate surface area is 125 Å². The molecule has 0 unspecified atom stereocenters. The van der Waals surface area contributed by atoms with E-state index in [4.69, 9.17) is 0 Å². The van der Waals surface area contributed by atoms with Crippen LogP contribution in [-0.2, 0) is 0 Å². The van der Waals surface area contributed by atoms with Crippen molar-refractivity contribution in [2.45, 2.75) is 6.92 Å². The van der Waals surface area contributed by atoms with Crippen molar-refractivity contribution in [2.24, 2.45) is 5.10 Å². The molecule has 3 aromatic rings. The number of hydrogen-bond donors (Lipinski definition) is 3. The number of nitrogens with one attached hydrogen (secondary N) is 1. The molecule has 0 saturated carbocycles. The maximum atomic E-state index is 9.65. The van der Waals surface area contributed by atoms with E-state index in [-0.39, 0.29) is 11.5 Å². The quantitative estimate of drug-likeness (QED) is 0.511. The topological polar surface area (TPSA) is 77.7 Å². The number of aromatic hydroxyl groups is 2. The first-order chi connectivity index (χ1) is 10.1. The fourth-order valence-electron chi connectivity index (χ4n) is 1.93. The fraction of sp³-hybridized carbons (Fsp3) is 0.0667. The van der Waals surface area contributed by atoms with Gasteiger partial charge in [0.05, 0.1) is 16.4 Å². The van der Waals surface area contributed by atoms with Crippen LogP contribution >= 0.6 is 11.3 Å². The number of phenols is 2. The Bertz CT molecular complexity index is 827. The second kappa shape index (κ2) is 5.41. The molecule has 0 atom stereocenters. The fourth-order valence-corrected chi connectivity index (χ4v) is 2.82. The zero-order valence-corrected chi connectivity index (χ0v) is 12.1. The first-order valence-corrected chi connectivity index (χ1v) is 7.12. The lowest BCUT2D eigenvalue weighted by molar-refractivity contribution is 0.450. The molecule has 6 heteroatoms. The molecular weight excluding hydrogens is 286 g/mol. The van der Waals surface area contributed by atoms with Crippen LogP contribution in [0.15, 0.2) is 41.5 Å². The zero-order valence-electron chi connectivity index (χ0n) is 11.2. The van der Waals surface area contributed by atoms with Gasteiger partial charge in [-0.15, -0.1) is 0 Å². The van der Waals surface area contributed by atoms with Crippen molar-refractivity contribution in [1.29, 1.82) is 0 Å². The minimum atomic E-state index is -0.0271. The highest BCUT2D eigenvalue weighted by Crippen LogP contribution is 2.28. The summed E-state index contributed by atoms with van der Waals surface area (Å²) in [5.74, 6) is -0.0139. The molecule has 106 valence electrons. The summed E-state index contributed by atoms with van der Waals surface area (Å²) in [6.07, 6.45) is 1.48. The van der Waals surface area contributed by atoms with E-state index >= 15 is 0 Å². The van der Waals surface area contributed by atoms with Crippen molar-refractivity contribution in [2.75, 3.05) is 5.43 Å². The molecule has 3 N–H and O–H groups in total. The van der Waals surface area contributed by atoms with Gasteiger partial charge in [0.2, 0.25) is 5.13 Å². The predicted molar refractivity (Wildman–Crippen MR) is 85.3 cm³/mol. The third-order valence-electron chi connectivity index (χ3n) is 2.99. The minimum absolute atomic E-state index is 0.0132. The molecule has 0 spiro atoms. The van der Waals surface area contributed by atoms with Crippen LogP contribution in [-0.4, -0.2) is 21.4 Å². The Hall–Kier alpha value is -2.60. The van der Waals surface area contributed by atoms with E-state index in [9.17, 15) is 10.2 Å². The predicted octanol–water partition coefficient (Wildman–Crippen LogP) is 3.46. The minimum Gasteiger partial charge on any atom is -0.508 e. The molecule has 0 radical (unpaired) electrons. The summed E-state index contributed by atoms with van der Waals surface area (Å²) >= 11 is 1.53. The molecule has 3 rings (SSSR count). The van der Waals surface area contributed by atoms with Crippen LogP contribution < -0.4 is 5.43 Å². The van der Waals surface area contributed by atoms with E-state index in [1.165, 1.54) is 35.2 Å². The van der Waals surface area contributed by atoms with Crippen LogP contribution in [0.25, 0.3) is 10.2 Å². The van der Waals surface area contributed by atoms with E-state index in [0.717, 1.165) is 10.2 Å². The molecule has 0 aliphatic carbocycles. The average Bonchev–Trinajstić information content (AvgIpc) is 2.86. The number of hydrazone groups is 1. The van der Waals surface area contributed by atoms with Crippen LogP contribution in [0.5, 0.6) is 11.5 Å². The molecule has 0 saturated heterocycles. The molecule has 21 heavy (non-hydrogen) atoms. The smallest absolute Gasteiger partial charge is 0.204 e. The summed E-state index contributed by atoms with van der Waals surface area (Å²) in [5.41, 5.74) is 5.48. The van der Waals surface area contributed by atoms with E-state index in [0.29, 0.717) is 10.7 Å². The van der Waals surface area contributed by atoms with Crippen LogP contribution in [0.2, 0.25) is 0 Å². The van der Waals surface area contributed by atoms with Crippen LogP contribution in [0, 0.1) is 6.92 Å². The number of thiazole rings is 1. The second-order valence-corrected chi connectivity index (χ2v) is 5.55. The number of phenolic OH excluding ortho intramolecular Hbond substituents is 2. The first-order valence-electron chi connectivity index (χ1n) is 6.31. The molecule has 0 aliphatic rings. The molecule has 2 aromatic carbocycles. The summed E-state index contributed by atoms with van der Waals surface area (Å²) in [6, 6.07) is 10.3. The zero-order chi connectivity index (χ0) is 14.8. The Balaban J connectivity index is 1.79.